The summed E-state index contributed by atoms with van der Waals surface area (Å²) in [5.41, 5.74) is 4.44. The van der Waals surface area contributed by atoms with Crippen molar-refractivity contribution in [2.75, 3.05) is 12.4 Å². The van der Waals surface area contributed by atoms with E-state index in [9.17, 15) is 0 Å². The van der Waals surface area contributed by atoms with Crippen LogP contribution in [0, 0.1) is 6.92 Å². The molecule has 0 heterocycles. The van der Waals surface area contributed by atoms with E-state index in [-0.39, 0.29) is 6.04 Å². The predicted octanol–water partition coefficient (Wildman–Crippen LogP) is 5.08. The number of hydrogen-bond donors (Lipinski definition) is 2. The topological polar surface area (TPSA) is 33.3 Å². The van der Waals surface area contributed by atoms with Gasteiger partial charge in [0, 0.05) is 11.8 Å². The molecule has 3 aromatic carbocycles. The molecule has 0 spiro atoms. The number of anilines is 1. The minimum absolute atomic E-state index is 0.0255. The molecule has 0 aliphatic heterocycles. The molecule has 0 aliphatic rings. The molecular weight excluding hydrogens is 340 g/mol. The number of nitrogens with one attached hydrogen (secondary N) is 2. The average molecular weight is 362 g/mol. The zero-order chi connectivity index (χ0) is 18.4. The molecule has 0 bridgehead atoms. The number of rotatable bonds is 5. The van der Waals surface area contributed by atoms with E-state index < -0.39 is 0 Å². The molecule has 0 aliphatic carbocycles. The van der Waals surface area contributed by atoms with Gasteiger partial charge in [-0.2, -0.15) is 0 Å². The Morgan fingerprint density at radius 2 is 1.58 bits per heavy atom. The van der Waals surface area contributed by atoms with Gasteiger partial charge in [-0.15, -0.1) is 0 Å². The summed E-state index contributed by atoms with van der Waals surface area (Å²) in [5.74, 6) is 0.788. The van der Waals surface area contributed by atoms with Crippen LogP contribution in [0.3, 0.4) is 0 Å². The van der Waals surface area contributed by atoms with Crippen molar-refractivity contribution in [3.63, 3.8) is 0 Å². The molecule has 0 saturated carbocycles. The number of aryl methyl sites for hydroxylation is 1. The van der Waals surface area contributed by atoms with Crippen LogP contribution >= 0.6 is 12.2 Å². The van der Waals surface area contributed by atoms with Gasteiger partial charge in [-0.25, -0.2) is 0 Å². The molecule has 3 aromatic rings. The van der Waals surface area contributed by atoms with Crippen LogP contribution in [0.15, 0.2) is 78.9 Å². The third-order valence-electron chi connectivity index (χ3n) is 4.15. The highest BCUT2D eigenvalue weighted by atomic mass is 32.1. The number of ether oxygens (including phenoxy) is 1. The normalized spacial score (nSPS) is 11.5. The zero-order valence-corrected chi connectivity index (χ0v) is 15.7. The minimum atomic E-state index is -0.0255. The van der Waals surface area contributed by atoms with Gasteiger partial charge in [0.2, 0.25) is 0 Å². The highest BCUT2D eigenvalue weighted by molar-refractivity contribution is 7.80. The fraction of sp³-hybridized carbons (Fsp3) is 0.136. The first-order valence-corrected chi connectivity index (χ1v) is 8.89. The van der Waals surface area contributed by atoms with E-state index >= 15 is 0 Å². The number of benzene rings is 3. The van der Waals surface area contributed by atoms with Gasteiger partial charge in [0.1, 0.15) is 5.75 Å². The molecule has 132 valence electrons. The molecule has 26 heavy (non-hydrogen) atoms. The first-order chi connectivity index (χ1) is 12.7. The molecule has 0 amide bonds. The van der Waals surface area contributed by atoms with Gasteiger partial charge >= 0.3 is 0 Å². The quantitative estimate of drug-likeness (QED) is 0.620. The minimum Gasteiger partial charge on any atom is -0.497 e. The van der Waals surface area contributed by atoms with Gasteiger partial charge in [0.25, 0.3) is 0 Å². The fourth-order valence-corrected chi connectivity index (χ4v) is 3.00. The molecule has 2 N–H and O–H groups in total. The summed E-state index contributed by atoms with van der Waals surface area (Å²) >= 11 is 5.55. The van der Waals surface area contributed by atoms with Crippen molar-refractivity contribution >= 4 is 23.0 Å². The summed E-state index contributed by atoms with van der Waals surface area (Å²) in [6.45, 7) is 2.09. The van der Waals surface area contributed by atoms with Crippen molar-refractivity contribution in [2.45, 2.75) is 13.0 Å². The number of methoxy groups -OCH3 is 1. The van der Waals surface area contributed by atoms with Crippen molar-refractivity contribution in [1.29, 1.82) is 0 Å². The van der Waals surface area contributed by atoms with Crippen molar-refractivity contribution in [3.8, 4) is 5.75 Å². The van der Waals surface area contributed by atoms with Crippen LogP contribution in [0.5, 0.6) is 5.75 Å². The van der Waals surface area contributed by atoms with E-state index in [4.69, 9.17) is 17.0 Å². The van der Waals surface area contributed by atoms with Crippen molar-refractivity contribution in [3.05, 3.63) is 95.6 Å². The highest BCUT2D eigenvalue weighted by Gasteiger charge is 2.15. The Morgan fingerprint density at radius 3 is 2.27 bits per heavy atom. The maximum absolute atomic E-state index is 5.55. The Hall–Kier alpha value is -2.85. The summed E-state index contributed by atoms with van der Waals surface area (Å²) in [6.07, 6.45) is 0. The Balaban J connectivity index is 1.81. The molecule has 0 aromatic heterocycles. The summed E-state index contributed by atoms with van der Waals surface area (Å²) in [4.78, 5) is 0. The molecule has 0 unspecified atom stereocenters. The van der Waals surface area contributed by atoms with Gasteiger partial charge in [0.15, 0.2) is 5.11 Å². The van der Waals surface area contributed by atoms with E-state index in [1.165, 1.54) is 5.56 Å². The highest BCUT2D eigenvalue weighted by Crippen LogP contribution is 2.23. The third-order valence-corrected chi connectivity index (χ3v) is 4.37. The second kappa shape index (κ2) is 8.50. The maximum Gasteiger partial charge on any atom is 0.171 e. The van der Waals surface area contributed by atoms with Gasteiger partial charge in [-0.3, -0.25) is 0 Å². The van der Waals surface area contributed by atoms with Gasteiger partial charge < -0.3 is 15.4 Å². The zero-order valence-electron chi connectivity index (χ0n) is 14.9. The van der Waals surface area contributed by atoms with Crippen LogP contribution in [0.4, 0.5) is 5.69 Å². The SMILES string of the molecule is COc1cccc(NC(=S)N[C@@H](c2ccccc2)c2ccc(C)cc2)c1. The van der Waals surface area contributed by atoms with E-state index in [0.29, 0.717) is 5.11 Å². The van der Waals surface area contributed by atoms with Crippen molar-refractivity contribution < 1.29 is 4.74 Å². The summed E-state index contributed by atoms with van der Waals surface area (Å²) in [6, 6.07) is 26.5. The van der Waals surface area contributed by atoms with Gasteiger partial charge in [-0.05, 0) is 42.4 Å². The standard InChI is InChI=1S/C22H22N2OS/c1-16-11-13-18(14-12-16)21(17-7-4-3-5-8-17)24-22(26)23-19-9-6-10-20(15-19)25-2/h3-15,21H,1-2H3,(H2,23,24,26)/t21-/m0/s1. The van der Waals surface area contributed by atoms with Crippen molar-refractivity contribution in [2.24, 2.45) is 0 Å². The first-order valence-electron chi connectivity index (χ1n) is 8.49. The number of hydrogen-bond acceptors (Lipinski definition) is 2. The lowest BCUT2D eigenvalue weighted by Crippen LogP contribution is -2.33. The molecule has 3 rings (SSSR count). The first kappa shape index (κ1) is 18.0. The lowest BCUT2D eigenvalue weighted by atomic mass is 9.98. The Morgan fingerprint density at radius 1 is 0.885 bits per heavy atom. The average Bonchev–Trinajstić information content (AvgIpc) is 2.68. The Kier molecular flexibility index (Phi) is 5.87. The second-order valence-corrected chi connectivity index (χ2v) is 6.49. The lowest BCUT2D eigenvalue weighted by molar-refractivity contribution is 0.415. The summed E-state index contributed by atoms with van der Waals surface area (Å²) < 4.78 is 5.26. The van der Waals surface area contributed by atoms with E-state index in [1.807, 2.05) is 42.5 Å². The van der Waals surface area contributed by atoms with Crippen LogP contribution in [-0.4, -0.2) is 12.2 Å². The maximum atomic E-state index is 5.55. The van der Waals surface area contributed by atoms with Crippen LogP contribution in [0.25, 0.3) is 0 Å². The third kappa shape index (κ3) is 4.61. The fourth-order valence-electron chi connectivity index (χ4n) is 2.76. The monoisotopic (exact) mass is 362 g/mol. The number of thiocarbonyl (C=S) groups is 1. The van der Waals surface area contributed by atoms with E-state index in [0.717, 1.165) is 22.6 Å². The lowest BCUT2D eigenvalue weighted by Gasteiger charge is -2.22. The summed E-state index contributed by atoms with van der Waals surface area (Å²) in [5, 5.41) is 7.24. The largest absolute Gasteiger partial charge is 0.497 e. The van der Waals surface area contributed by atoms with E-state index in [2.05, 4.69) is 54.0 Å². The van der Waals surface area contributed by atoms with Crippen molar-refractivity contribution in [1.82, 2.24) is 5.32 Å². The second-order valence-electron chi connectivity index (χ2n) is 6.08. The summed E-state index contributed by atoms with van der Waals surface area (Å²) in [7, 11) is 1.65. The van der Waals surface area contributed by atoms with E-state index in [1.54, 1.807) is 7.11 Å². The van der Waals surface area contributed by atoms with Crippen LogP contribution in [0.1, 0.15) is 22.7 Å². The molecule has 0 saturated heterocycles. The molecule has 1 atom stereocenters. The Bertz CT molecular complexity index is 863. The molecule has 3 nitrogen and oxygen atoms in total. The molecule has 4 heteroatoms. The van der Waals surface area contributed by atoms with Crippen LogP contribution in [-0.2, 0) is 0 Å². The van der Waals surface area contributed by atoms with Crippen LogP contribution in [0.2, 0.25) is 0 Å². The molecule has 0 fully saturated rings. The van der Waals surface area contributed by atoms with Gasteiger partial charge in [-0.1, -0.05) is 66.2 Å². The molecule has 0 radical (unpaired) electrons. The van der Waals surface area contributed by atoms with Crippen LogP contribution < -0.4 is 15.4 Å². The Labute approximate surface area is 160 Å². The predicted molar refractivity (Wildman–Crippen MR) is 112 cm³/mol. The molecular formula is C22H22N2OS. The van der Waals surface area contributed by atoms with Gasteiger partial charge in [0.05, 0.1) is 13.2 Å². The smallest absolute Gasteiger partial charge is 0.171 e.